The number of likely N-dealkylation sites (tertiary alicyclic amines) is 1. The Kier molecular flexibility index (Phi) is 5.73. The molecule has 0 radical (unpaired) electrons. The average molecular weight is 437 g/mol. The highest BCUT2D eigenvalue weighted by Gasteiger charge is 2.27. The van der Waals surface area contributed by atoms with Gasteiger partial charge in [0.25, 0.3) is 0 Å². The number of nitrogens with two attached hydrogens (primary N) is 1. The van der Waals surface area contributed by atoms with Gasteiger partial charge in [0.1, 0.15) is 11.4 Å². The first kappa shape index (κ1) is 21.6. The Morgan fingerprint density at radius 1 is 1.16 bits per heavy atom. The van der Waals surface area contributed by atoms with Gasteiger partial charge in [-0.15, -0.1) is 0 Å². The topological polar surface area (TPSA) is 115 Å². The summed E-state index contributed by atoms with van der Waals surface area (Å²) in [5, 5.41) is 4.16. The Hall–Kier alpha value is -3.62. The largest absolute Gasteiger partial charge is 0.444 e. The number of hydrogen-bond acceptors (Lipinski definition) is 6. The van der Waals surface area contributed by atoms with Gasteiger partial charge in [-0.3, -0.25) is 4.79 Å². The number of primary amides is 1. The molecule has 32 heavy (non-hydrogen) atoms. The molecule has 9 nitrogen and oxygen atoms in total. The molecular weight excluding hydrogens is 408 g/mol. The third-order valence-electron chi connectivity index (χ3n) is 5.37. The molecule has 3 N–H and O–H groups in total. The number of amides is 2. The second kappa shape index (κ2) is 8.49. The molecule has 0 spiro atoms. The molecule has 0 atom stereocenters. The van der Waals surface area contributed by atoms with Crippen molar-refractivity contribution in [3.63, 3.8) is 0 Å². The van der Waals surface area contributed by atoms with Crippen LogP contribution in [-0.2, 0) is 4.74 Å². The van der Waals surface area contributed by atoms with E-state index < -0.39 is 11.5 Å². The van der Waals surface area contributed by atoms with Crippen molar-refractivity contribution in [2.24, 2.45) is 5.73 Å². The average Bonchev–Trinajstić information content (AvgIpc) is 3.17. The lowest BCUT2D eigenvalue weighted by atomic mass is 10.1. The molecule has 1 fully saturated rings. The molecule has 0 unspecified atom stereocenters. The van der Waals surface area contributed by atoms with Crippen LogP contribution >= 0.6 is 0 Å². The third kappa shape index (κ3) is 4.66. The normalized spacial score (nSPS) is 15.0. The summed E-state index contributed by atoms with van der Waals surface area (Å²) in [6, 6.07) is 9.27. The molecule has 1 saturated heterocycles. The highest BCUT2D eigenvalue weighted by Crippen LogP contribution is 2.23. The van der Waals surface area contributed by atoms with Crippen LogP contribution in [0, 0.1) is 0 Å². The summed E-state index contributed by atoms with van der Waals surface area (Å²) in [7, 11) is 0. The van der Waals surface area contributed by atoms with E-state index in [0.717, 1.165) is 23.7 Å². The molecule has 1 aliphatic rings. The van der Waals surface area contributed by atoms with E-state index in [4.69, 9.17) is 10.5 Å². The van der Waals surface area contributed by atoms with Crippen molar-refractivity contribution in [2.75, 3.05) is 18.4 Å². The van der Waals surface area contributed by atoms with Crippen LogP contribution in [0.2, 0.25) is 0 Å². The van der Waals surface area contributed by atoms with Crippen LogP contribution in [0.15, 0.2) is 42.7 Å². The minimum Gasteiger partial charge on any atom is -0.444 e. The SMILES string of the molecule is CC(C)(C)OC(=O)N1CCC(Nc2nccc(-n3ccc4c(C(N)=O)cccc43)n2)CC1. The van der Waals surface area contributed by atoms with Crippen molar-refractivity contribution in [1.82, 2.24) is 19.4 Å². The van der Waals surface area contributed by atoms with Crippen LogP contribution in [0.3, 0.4) is 0 Å². The van der Waals surface area contributed by atoms with E-state index in [0.29, 0.717) is 30.4 Å². The summed E-state index contributed by atoms with van der Waals surface area (Å²) in [5.41, 5.74) is 6.32. The number of aromatic nitrogens is 3. The Bertz CT molecular complexity index is 1140. The van der Waals surface area contributed by atoms with Gasteiger partial charge in [-0.25, -0.2) is 9.78 Å². The standard InChI is InChI=1S/C23H28N6O3/c1-23(2,3)32-22(31)28-12-8-15(9-13-28)26-21-25-11-7-19(27-21)29-14-10-16-17(20(24)30)5-4-6-18(16)29/h4-7,10-11,14-15H,8-9,12-13H2,1-3H3,(H2,24,30)(H,25,26,27). The number of rotatable bonds is 4. The van der Waals surface area contributed by atoms with Gasteiger partial charge < -0.3 is 25.3 Å². The lowest BCUT2D eigenvalue weighted by Gasteiger charge is -2.33. The Morgan fingerprint density at radius 2 is 1.91 bits per heavy atom. The molecule has 9 heteroatoms. The van der Waals surface area contributed by atoms with Crippen molar-refractivity contribution in [2.45, 2.75) is 45.3 Å². The minimum absolute atomic E-state index is 0.159. The highest BCUT2D eigenvalue weighted by molar-refractivity contribution is 6.06. The second-order valence-electron chi connectivity index (χ2n) is 8.91. The maximum absolute atomic E-state index is 12.3. The van der Waals surface area contributed by atoms with Crippen molar-refractivity contribution in [3.8, 4) is 5.82 Å². The van der Waals surface area contributed by atoms with Gasteiger partial charge in [-0.2, -0.15) is 4.98 Å². The maximum atomic E-state index is 12.3. The van der Waals surface area contributed by atoms with E-state index in [2.05, 4.69) is 15.3 Å². The first-order chi connectivity index (χ1) is 15.2. The smallest absolute Gasteiger partial charge is 0.410 e. The Balaban J connectivity index is 1.45. The zero-order chi connectivity index (χ0) is 22.9. The first-order valence-electron chi connectivity index (χ1n) is 10.7. The number of hydrogen-bond donors (Lipinski definition) is 2. The summed E-state index contributed by atoms with van der Waals surface area (Å²) in [4.78, 5) is 34.7. The van der Waals surface area contributed by atoms with E-state index in [1.54, 1.807) is 23.2 Å². The summed E-state index contributed by atoms with van der Waals surface area (Å²) < 4.78 is 7.36. The molecule has 3 heterocycles. The molecule has 3 aromatic rings. The number of carbonyl (C=O) groups excluding carboxylic acids is 2. The Morgan fingerprint density at radius 3 is 2.59 bits per heavy atom. The van der Waals surface area contributed by atoms with Gasteiger partial charge >= 0.3 is 6.09 Å². The van der Waals surface area contributed by atoms with Crippen LogP contribution in [0.5, 0.6) is 0 Å². The van der Waals surface area contributed by atoms with Gasteiger partial charge in [-0.1, -0.05) is 6.07 Å². The van der Waals surface area contributed by atoms with Crippen LogP contribution in [-0.4, -0.2) is 56.2 Å². The summed E-state index contributed by atoms with van der Waals surface area (Å²) in [5.74, 6) is 0.743. The van der Waals surface area contributed by atoms with Crippen molar-refractivity contribution < 1.29 is 14.3 Å². The molecule has 2 amide bonds. The van der Waals surface area contributed by atoms with Crippen molar-refractivity contribution in [3.05, 3.63) is 48.3 Å². The summed E-state index contributed by atoms with van der Waals surface area (Å²) in [6.07, 6.45) is 4.85. The summed E-state index contributed by atoms with van der Waals surface area (Å²) in [6.45, 7) is 6.83. The van der Waals surface area contributed by atoms with Gasteiger partial charge in [0.15, 0.2) is 0 Å². The van der Waals surface area contributed by atoms with Gasteiger partial charge in [-0.05, 0) is 57.9 Å². The number of ether oxygens (including phenoxy) is 1. The third-order valence-corrected chi connectivity index (χ3v) is 5.37. The number of nitrogens with zero attached hydrogens (tertiary/aromatic N) is 4. The number of carbonyl (C=O) groups is 2. The maximum Gasteiger partial charge on any atom is 0.410 e. The van der Waals surface area contributed by atoms with Crippen LogP contribution < -0.4 is 11.1 Å². The number of fused-ring (bicyclic) bond motifs is 1. The number of anilines is 1. The molecule has 1 aromatic carbocycles. The van der Waals surface area contributed by atoms with Crippen molar-refractivity contribution >= 4 is 28.9 Å². The van der Waals surface area contributed by atoms with E-state index in [9.17, 15) is 9.59 Å². The number of nitrogens with one attached hydrogen (secondary N) is 1. The molecule has 4 rings (SSSR count). The van der Waals surface area contributed by atoms with Gasteiger partial charge in [0.05, 0.1) is 5.52 Å². The quantitative estimate of drug-likeness (QED) is 0.648. The lowest BCUT2D eigenvalue weighted by Crippen LogP contribution is -2.44. The first-order valence-corrected chi connectivity index (χ1v) is 10.7. The molecule has 168 valence electrons. The number of benzene rings is 1. The molecule has 0 bridgehead atoms. The van der Waals surface area contributed by atoms with E-state index in [1.165, 1.54) is 0 Å². The van der Waals surface area contributed by atoms with E-state index >= 15 is 0 Å². The predicted octanol–water partition coefficient (Wildman–Crippen LogP) is 3.33. The second-order valence-corrected chi connectivity index (χ2v) is 8.91. The Labute approximate surface area is 186 Å². The fourth-order valence-electron chi connectivity index (χ4n) is 3.85. The molecule has 2 aromatic heterocycles. The van der Waals surface area contributed by atoms with E-state index in [1.807, 2.05) is 49.7 Å². The van der Waals surface area contributed by atoms with E-state index in [-0.39, 0.29) is 12.1 Å². The number of piperidine rings is 1. The minimum atomic E-state index is -0.499. The summed E-state index contributed by atoms with van der Waals surface area (Å²) >= 11 is 0. The molecule has 1 aliphatic heterocycles. The molecule has 0 aliphatic carbocycles. The molecular formula is C23H28N6O3. The zero-order valence-electron chi connectivity index (χ0n) is 18.5. The van der Waals surface area contributed by atoms with Crippen molar-refractivity contribution in [1.29, 1.82) is 0 Å². The fraction of sp³-hybridized carbons (Fsp3) is 0.391. The molecule has 0 saturated carbocycles. The predicted molar refractivity (Wildman–Crippen MR) is 122 cm³/mol. The van der Waals surface area contributed by atoms with Gasteiger partial charge in [0, 0.05) is 42.5 Å². The van der Waals surface area contributed by atoms with Crippen LogP contribution in [0.4, 0.5) is 10.7 Å². The zero-order valence-corrected chi connectivity index (χ0v) is 18.5. The van der Waals surface area contributed by atoms with Gasteiger partial charge in [0.2, 0.25) is 11.9 Å². The fourth-order valence-corrected chi connectivity index (χ4v) is 3.85. The highest BCUT2D eigenvalue weighted by atomic mass is 16.6. The van der Waals surface area contributed by atoms with Crippen LogP contribution in [0.25, 0.3) is 16.7 Å². The lowest BCUT2D eigenvalue weighted by molar-refractivity contribution is 0.0210. The monoisotopic (exact) mass is 436 g/mol. The van der Waals surface area contributed by atoms with Crippen LogP contribution in [0.1, 0.15) is 44.0 Å².